The molecule has 0 amide bonds. The van der Waals surface area contributed by atoms with Crippen molar-refractivity contribution in [2.45, 2.75) is 23.6 Å². The molecule has 0 aromatic heterocycles. The standard InChI is InChI=1S/C20H19FN2O4S2/c1-14-4-3-5-15(2)20(14)23-29(26,27)19-12-8-17(9-13-19)22-28(24,25)18-10-6-16(21)7-11-18/h3-13,22-23H,1-2H3. The maximum Gasteiger partial charge on any atom is 0.261 e. The van der Waals surface area contributed by atoms with Gasteiger partial charge in [-0.3, -0.25) is 9.44 Å². The van der Waals surface area contributed by atoms with Crippen LogP contribution in [0.3, 0.4) is 0 Å². The Balaban J connectivity index is 1.81. The lowest BCUT2D eigenvalue weighted by atomic mass is 10.1. The molecular formula is C20H19FN2O4S2. The molecular weight excluding hydrogens is 415 g/mol. The average molecular weight is 435 g/mol. The van der Waals surface area contributed by atoms with Crippen molar-refractivity contribution in [2.24, 2.45) is 0 Å². The van der Waals surface area contributed by atoms with E-state index in [1.54, 1.807) is 26.0 Å². The van der Waals surface area contributed by atoms with Crippen molar-refractivity contribution >= 4 is 31.4 Å². The van der Waals surface area contributed by atoms with E-state index in [-0.39, 0.29) is 15.5 Å². The molecule has 0 fully saturated rings. The molecule has 9 heteroatoms. The van der Waals surface area contributed by atoms with Gasteiger partial charge >= 0.3 is 0 Å². The lowest BCUT2D eigenvalue weighted by molar-refractivity contribution is 0.599. The fourth-order valence-electron chi connectivity index (χ4n) is 2.70. The average Bonchev–Trinajstić information content (AvgIpc) is 2.65. The minimum atomic E-state index is -3.92. The zero-order valence-corrected chi connectivity index (χ0v) is 17.3. The Bertz CT molecular complexity index is 1220. The molecule has 0 aliphatic heterocycles. The molecule has 0 heterocycles. The van der Waals surface area contributed by atoms with Crippen LogP contribution < -0.4 is 9.44 Å². The number of halogens is 1. The first-order valence-electron chi connectivity index (χ1n) is 8.56. The highest BCUT2D eigenvalue weighted by Crippen LogP contribution is 2.24. The van der Waals surface area contributed by atoms with Crippen LogP contribution in [0.4, 0.5) is 15.8 Å². The van der Waals surface area contributed by atoms with E-state index in [1.165, 1.54) is 24.3 Å². The number of nitrogens with one attached hydrogen (secondary N) is 2. The summed E-state index contributed by atoms with van der Waals surface area (Å²) in [5.41, 5.74) is 2.27. The van der Waals surface area contributed by atoms with Gasteiger partial charge in [-0.1, -0.05) is 18.2 Å². The van der Waals surface area contributed by atoms with Crippen molar-refractivity contribution in [3.63, 3.8) is 0 Å². The summed E-state index contributed by atoms with van der Waals surface area (Å²) in [6.45, 7) is 3.61. The van der Waals surface area contributed by atoms with Gasteiger partial charge in [0.15, 0.2) is 0 Å². The van der Waals surface area contributed by atoms with E-state index in [0.29, 0.717) is 5.69 Å². The summed E-state index contributed by atoms with van der Waals surface area (Å²) in [6.07, 6.45) is 0. The van der Waals surface area contributed by atoms with Gasteiger partial charge in [0.1, 0.15) is 5.82 Å². The Morgan fingerprint density at radius 1 is 0.655 bits per heavy atom. The van der Waals surface area contributed by atoms with E-state index in [4.69, 9.17) is 0 Å². The number of para-hydroxylation sites is 1. The SMILES string of the molecule is Cc1cccc(C)c1NS(=O)(=O)c1ccc(NS(=O)(=O)c2ccc(F)cc2)cc1. The smallest absolute Gasteiger partial charge is 0.261 e. The molecule has 0 aliphatic rings. The van der Waals surface area contributed by atoms with Crippen molar-refractivity contribution < 1.29 is 21.2 Å². The third-order valence-electron chi connectivity index (χ3n) is 4.26. The van der Waals surface area contributed by atoms with Crippen LogP contribution in [0.1, 0.15) is 11.1 Å². The number of aryl methyl sites for hydroxylation is 2. The van der Waals surface area contributed by atoms with Crippen LogP contribution in [0.15, 0.2) is 76.5 Å². The van der Waals surface area contributed by atoms with Gasteiger partial charge in [0, 0.05) is 5.69 Å². The third-order valence-corrected chi connectivity index (χ3v) is 7.02. The fourth-order valence-corrected chi connectivity index (χ4v) is 4.96. The van der Waals surface area contributed by atoms with Gasteiger partial charge in [0.05, 0.1) is 15.5 Å². The number of hydrogen-bond donors (Lipinski definition) is 2. The lowest BCUT2D eigenvalue weighted by Gasteiger charge is -2.14. The van der Waals surface area contributed by atoms with E-state index in [9.17, 15) is 21.2 Å². The van der Waals surface area contributed by atoms with Gasteiger partial charge in [-0.25, -0.2) is 21.2 Å². The molecule has 3 aromatic rings. The van der Waals surface area contributed by atoms with Crippen LogP contribution in [-0.4, -0.2) is 16.8 Å². The van der Waals surface area contributed by atoms with Gasteiger partial charge in [-0.05, 0) is 73.5 Å². The van der Waals surface area contributed by atoms with Crippen LogP contribution >= 0.6 is 0 Å². The number of sulfonamides is 2. The van der Waals surface area contributed by atoms with Crippen LogP contribution in [0, 0.1) is 19.7 Å². The quantitative estimate of drug-likeness (QED) is 0.612. The van der Waals surface area contributed by atoms with Gasteiger partial charge in [0.2, 0.25) is 0 Å². The van der Waals surface area contributed by atoms with Gasteiger partial charge in [0.25, 0.3) is 20.0 Å². The summed E-state index contributed by atoms with van der Waals surface area (Å²) in [5.74, 6) is -0.546. The minimum absolute atomic E-state index is 0.00937. The van der Waals surface area contributed by atoms with Crippen LogP contribution in [0.5, 0.6) is 0 Å². The highest BCUT2D eigenvalue weighted by Gasteiger charge is 2.18. The Labute approximate surface area is 169 Å². The highest BCUT2D eigenvalue weighted by atomic mass is 32.2. The molecule has 6 nitrogen and oxygen atoms in total. The van der Waals surface area contributed by atoms with Crippen molar-refractivity contribution in [2.75, 3.05) is 9.44 Å². The van der Waals surface area contributed by atoms with E-state index in [2.05, 4.69) is 9.44 Å². The Morgan fingerprint density at radius 3 is 1.62 bits per heavy atom. The predicted octanol–water partition coefficient (Wildman–Crippen LogP) is 4.04. The van der Waals surface area contributed by atoms with Gasteiger partial charge < -0.3 is 0 Å². The Kier molecular flexibility index (Phi) is 5.63. The maximum atomic E-state index is 13.0. The summed E-state index contributed by atoms with van der Waals surface area (Å²) in [6, 6.07) is 15.1. The van der Waals surface area contributed by atoms with E-state index in [0.717, 1.165) is 35.4 Å². The minimum Gasteiger partial charge on any atom is -0.280 e. The molecule has 0 saturated heterocycles. The summed E-state index contributed by atoms with van der Waals surface area (Å²) < 4.78 is 67.9. The van der Waals surface area contributed by atoms with Crippen molar-refractivity contribution in [3.8, 4) is 0 Å². The largest absolute Gasteiger partial charge is 0.280 e. The summed E-state index contributed by atoms with van der Waals surface area (Å²) in [4.78, 5) is -0.114. The molecule has 3 rings (SSSR count). The summed E-state index contributed by atoms with van der Waals surface area (Å²) in [5, 5.41) is 0. The van der Waals surface area contributed by atoms with Gasteiger partial charge in [-0.2, -0.15) is 0 Å². The second-order valence-corrected chi connectivity index (χ2v) is 9.82. The number of anilines is 2. The molecule has 2 N–H and O–H groups in total. The molecule has 3 aromatic carbocycles. The monoisotopic (exact) mass is 434 g/mol. The first-order chi connectivity index (χ1) is 13.6. The molecule has 0 radical (unpaired) electrons. The molecule has 0 bridgehead atoms. The summed E-state index contributed by atoms with van der Waals surface area (Å²) in [7, 11) is -7.76. The second kappa shape index (κ2) is 7.84. The van der Waals surface area contributed by atoms with Crippen molar-refractivity contribution in [3.05, 3.63) is 83.7 Å². The predicted molar refractivity (Wildman–Crippen MR) is 110 cm³/mol. The van der Waals surface area contributed by atoms with Crippen LogP contribution in [-0.2, 0) is 20.0 Å². The normalized spacial score (nSPS) is 11.8. The molecule has 0 aliphatic carbocycles. The van der Waals surface area contributed by atoms with E-state index < -0.39 is 25.9 Å². The number of benzene rings is 3. The van der Waals surface area contributed by atoms with E-state index in [1.807, 2.05) is 6.07 Å². The fraction of sp³-hybridized carbons (Fsp3) is 0.100. The first kappa shape index (κ1) is 20.8. The zero-order chi connectivity index (χ0) is 21.2. The van der Waals surface area contributed by atoms with E-state index >= 15 is 0 Å². The molecule has 0 atom stereocenters. The van der Waals surface area contributed by atoms with Crippen LogP contribution in [0.25, 0.3) is 0 Å². The highest BCUT2D eigenvalue weighted by molar-refractivity contribution is 7.93. The molecule has 0 unspecified atom stereocenters. The third kappa shape index (κ3) is 4.75. The summed E-state index contributed by atoms with van der Waals surface area (Å²) >= 11 is 0. The number of hydrogen-bond acceptors (Lipinski definition) is 4. The second-order valence-electron chi connectivity index (χ2n) is 6.46. The maximum absolute atomic E-state index is 13.0. The first-order valence-corrected chi connectivity index (χ1v) is 11.5. The van der Waals surface area contributed by atoms with Crippen LogP contribution in [0.2, 0.25) is 0 Å². The molecule has 0 spiro atoms. The zero-order valence-electron chi connectivity index (χ0n) is 15.7. The molecule has 0 saturated carbocycles. The lowest BCUT2D eigenvalue weighted by Crippen LogP contribution is -2.15. The molecule has 29 heavy (non-hydrogen) atoms. The topological polar surface area (TPSA) is 92.3 Å². The van der Waals surface area contributed by atoms with Crippen molar-refractivity contribution in [1.82, 2.24) is 0 Å². The Morgan fingerprint density at radius 2 is 1.10 bits per heavy atom. The van der Waals surface area contributed by atoms with Crippen molar-refractivity contribution in [1.29, 1.82) is 0 Å². The number of rotatable bonds is 6. The molecule has 152 valence electrons. The van der Waals surface area contributed by atoms with Gasteiger partial charge in [-0.15, -0.1) is 0 Å². The Hall–Kier alpha value is -2.91.